The average Bonchev–Trinajstić information content (AvgIpc) is 2.25. The van der Waals surface area contributed by atoms with E-state index in [0.717, 1.165) is 24.6 Å². The summed E-state index contributed by atoms with van der Waals surface area (Å²) in [5.41, 5.74) is 0.194. The van der Waals surface area contributed by atoms with Gasteiger partial charge in [0, 0.05) is 0 Å². The van der Waals surface area contributed by atoms with Gasteiger partial charge in [-0.3, -0.25) is 0 Å². The molecule has 1 rings (SSSR count). The lowest BCUT2D eigenvalue weighted by molar-refractivity contribution is -0.137. The number of halogens is 3. The van der Waals surface area contributed by atoms with Gasteiger partial charge >= 0.3 is 6.18 Å². The van der Waals surface area contributed by atoms with Crippen molar-refractivity contribution in [1.82, 2.24) is 5.32 Å². The fourth-order valence-corrected chi connectivity index (χ4v) is 1.77. The zero-order valence-corrected chi connectivity index (χ0v) is 10.1. The lowest BCUT2D eigenvalue weighted by Crippen LogP contribution is -2.13. The fourth-order valence-electron chi connectivity index (χ4n) is 1.77. The molecule has 0 aliphatic rings. The van der Waals surface area contributed by atoms with Crippen LogP contribution in [0.15, 0.2) is 24.3 Å². The summed E-state index contributed by atoms with van der Waals surface area (Å²) >= 11 is 0. The van der Waals surface area contributed by atoms with Gasteiger partial charge in [-0.2, -0.15) is 13.2 Å². The van der Waals surface area contributed by atoms with Crippen LogP contribution in [0.4, 0.5) is 13.2 Å². The Kier molecular flexibility index (Phi) is 5.00. The van der Waals surface area contributed by atoms with Crippen LogP contribution in [0.1, 0.15) is 24.5 Å². The van der Waals surface area contributed by atoms with Gasteiger partial charge < -0.3 is 5.32 Å². The summed E-state index contributed by atoms with van der Waals surface area (Å²) in [5.74, 6) is 0.380. The number of alkyl halides is 3. The number of rotatable bonds is 5. The molecule has 0 fully saturated rings. The van der Waals surface area contributed by atoms with Crippen LogP contribution >= 0.6 is 0 Å². The van der Waals surface area contributed by atoms with E-state index in [0.29, 0.717) is 12.3 Å². The van der Waals surface area contributed by atoms with Crippen molar-refractivity contribution < 1.29 is 13.2 Å². The molecule has 0 saturated heterocycles. The van der Waals surface area contributed by atoms with Crippen LogP contribution in [0.3, 0.4) is 0 Å². The van der Waals surface area contributed by atoms with Crippen molar-refractivity contribution in [2.24, 2.45) is 5.92 Å². The standard InChI is InChI=1S/C13H18F3N/c1-10(6-7-17-2)8-11-4-3-5-12(9-11)13(14,15)16/h3-5,9-10,17H,6-8H2,1-2H3. The van der Waals surface area contributed by atoms with Gasteiger partial charge in [-0.15, -0.1) is 0 Å². The second-order valence-electron chi connectivity index (χ2n) is 4.40. The van der Waals surface area contributed by atoms with E-state index in [1.807, 2.05) is 7.05 Å². The molecule has 0 saturated carbocycles. The molecule has 0 heterocycles. The monoisotopic (exact) mass is 245 g/mol. The minimum atomic E-state index is -4.25. The summed E-state index contributed by atoms with van der Waals surface area (Å²) in [7, 11) is 1.87. The number of benzene rings is 1. The van der Waals surface area contributed by atoms with Gasteiger partial charge in [-0.25, -0.2) is 0 Å². The first-order valence-electron chi connectivity index (χ1n) is 5.74. The third kappa shape index (κ3) is 4.77. The summed E-state index contributed by atoms with van der Waals surface area (Å²) in [6, 6.07) is 5.59. The molecule has 1 aromatic rings. The van der Waals surface area contributed by atoms with E-state index in [1.54, 1.807) is 6.07 Å². The molecule has 96 valence electrons. The quantitative estimate of drug-likeness (QED) is 0.837. The van der Waals surface area contributed by atoms with Gasteiger partial charge in [0.05, 0.1) is 5.56 Å². The molecule has 1 nitrogen and oxygen atoms in total. The van der Waals surface area contributed by atoms with Crippen LogP contribution in [-0.2, 0) is 12.6 Å². The largest absolute Gasteiger partial charge is 0.416 e. The fraction of sp³-hybridized carbons (Fsp3) is 0.538. The van der Waals surface area contributed by atoms with Crippen LogP contribution < -0.4 is 5.32 Å². The van der Waals surface area contributed by atoms with Crippen molar-refractivity contribution >= 4 is 0 Å². The highest BCUT2D eigenvalue weighted by Crippen LogP contribution is 2.30. The molecule has 1 atom stereocenters. The molecule has 0 aliphatic heterocycles. The molecule has 1 unspecified atom stereocenters. The van der Waals surface area contributed by atoms with Crippen LogP contribution in [0, 0.1) is 5.92 Å². The first-order chi connectivity index (χ1) is 7.93. The normalized spacial score (nSPS) is 13.7. The number of nitrogens with one attached hydrogen (secondary N) is 1. The minimum absolute atomic E-state index is 0.380. The van der Waals surface area contributed by atoms with Crippen molar-refractivity contribution in [3.8, 4) is 0 Å². The van der Waals surface area contributed by atoms with Gasteiger partial charge in [-0.05, 0) is 44.0 Å². The molecule has 1 aromatic carbocycles. The molecule has 0 aromatic heterocycles. The van der Waals surface area contributed by atoms with Crippen LogP contribution in [0.2, 0.25) is 0 Å². The van der Waals surface area contributed by atoms with Crippen molar-refractivity contribution in [3.63, 3.8) is 0 Å². The van der Waals surface area contributed by atoms with Crippen LogP contribution in [-0.4, -0.2) is 13.6 Å². The van der Waals surface area contributed by atoms with Gasteiger partial charge in [0.25, 0.3) is 0 Å². The average molecular weight is 245 g/mol. The summed E-state index contributed by atoms with van der Waals surface area (Å²) < 4.78 is 37.5. The highest BCUT2D eigenvalue weighted by atomic mass is 19.4. The Morgan fingerprint density at radius 2 is 2.00 bits per heavy atom. The third-order valence-corrected chi connectivity index (χ3v) is 2.73. The number of hydrogen-bond acceptors (Lipinski definition) is 1. The third-order valence-electron chi connectivity index (χ3n) is 2.73. The maximum absolute atomic E-state index is 12.5. The Balaban J connectivity index is 2.66. The summed E-state index contributed by atoms with van der Waals surface area (Å²) in [4.78, 5) is 0. The van der Waals surface area contributed by atoms with E-state index in [4.69, 9.17) is 0 Å². The van der Waals surface area contributed by atoms with Crippen molar-refractivity contribution in [2.75, 3.05) is 13.6 Å². The van der Waals surface area contributed by atoms with E-state index in [1.165, 1.54) is 12.1 Å². The van der Waals surface area contributed by atoms with Gasteiger partial charge in [0.2, 0.25) is 0 Å². The Morgan fingerprint density at radius 3 is 2.59 bits per heavy atom. The maximum atomic E-state index is 12.5. The molecule has 0 amide bonds. The molecule has 0 bridgehead atoms. The van der Waals surface area contributed by atoms with Gasteiger partial charge in [0.15, 0.2) is 0 Å². The van der Waals surface area contributed by atoms with Crippen molar-refractivity contribution in [3.05, 3.63) is 35.4 Å². The second kappa shape index (κ2) is 6.05. The zero-order chi connectivity index (χ0) is 12.9. The van der Waals surface area contributed by atoms with Crippen LogP contribution in [0.25, 0.3) is 0 Å². The predicted molar refractivity (Wildman–Crippen MR) is 62.9 cm³/mol. The second-order valence-corrected chi connectivity index (χ2v) is 4.40. The molecular formula is C13H18F3N. The lowest BCUT2D eigenvalue weighted by atomic mass is 9.97. The van der Waals surface area contributed by atoms with E-state index in [-0.39, 0.29) is 0 Å². The smallest absolute Gasteiger partial charge is 0.320 e. The first kappa shape index (κ1) is 14.0. The molecule has 0 aliphatic carbocycles. The minimum Gasteiger partial charge on any atom is -0.320 e. The molecule has 1 N–H and O–H groups in total. The van der Waals surface area contributed by atoms with Crippen molar-refractivity contribution in [1.29, 1.82) is 0 Å². The Labute approximate surface area is 100 Å². The highest BCUT2D eigenvalue weighted by Gasteiger charge is 2.30. The van der Waals surface area contributed by atoms with Crippen molar-refractivity contribution in [2.45, 2.75) is 25.9 Å². The summed E-state index contributed by atoms with van der Waals surface area (Å²) in [6.07, 6.45) is -2.59. The molecule has 0 radical (unpaired) electrons. The Bertz CT molecular complexity index is 347. The van der Waals surface area contributed by atoms with Crippen LogP contribution in [0.5, 0.6) is 0 Å². The summed E-state index contributed by atoms with van der Waals surface area (Å²) in [5, 5.41) is 3.04. The zero-order valence-electron chi connectivity index (χ0n) is 10.1. The predicted octanol–water partition coefficient (Wildman–Crippen LogP) is 3.49. The first-order valence-corrected chi connectivity index (χ1v) is 5.74. The summed E-state index contributed by atoms with van der Waals surface area (Å²) in [6.45, 7) is 2.94. The molecule has 4 heteroatoms. The number of hydrogen-bond donors (Lipinski definition) is 1. The molecule has 17 heavy (non-hydrogen) atoms. The van der Waals surface area contributed by atoms with E-state index < -0.39 is 11.7 Å². The SMILES string of the molecule is CNCCC(C)Cc1cccc(C(F)(F)F)c1. The Hall–Kier alpha value is -1.03. The van der Waals surface area contributed by atoms with Gasteiger partial charge in [0.1, 0.15) is 0 Å². The molecule has 0 spiro atoms. The van der Waals surface area contributed by atoms with E-state index in [9.17, 15) is 13.2 Å². The topological polar surface area (TPSA) is 12.0 Å². The highest BCUT2D eigenvalue weighted by molar-refractivity contribution is 5.25. The van der Waals surface area contributed by atoms with E-state index >= 15 is 0 Å². The lowest BCUT2D eigenvalue weighted by Gasteiger charge is -2.13. The molecular weight excluding hydrogens is 227 g/mol. The Morgan fingerprint density at radius 1 is 1.29 bits per heavy atom. The maximum Gasteiger partial charge on any atom is 0.416 e. The van der Waals surface area contributed by atoms with Gasteiger partial charge in [-0.1, -0.05) is 25.1 Å². The van der Waals surface area contributed by atoms with E-state index in [2.05, 4.69) is 12.2 Å².